The fraction of sp³-hybridized carbons (Fsp3) is 0.650. The zero-order valence-electron chi connectivity index (χ0n) is 15.9. The third-order valence-electron chi connectivity index (χ3n) is 6.53. The number of fused-ring (bicyclic) bond motifs is 2. The van der Waals surface area contributed by atoms with Crippen molar-refractivity contribution in [1.82, 2.24) is 15.1 Å². The molecule has 3 aliphatic rings. The van der Waals surface area contributed by atoms with Crippen LogP contribution in [0.3, 0.4) is 0 Å². The van der Waals surface area contributed by atoms with Crippen molar-refractivity contribution in [1.29, 1.82) is 0 Å². The molecule has 2 heterocycles. The van der Waals surface area contributed by atoms with Crippen molar-refractivity contribution < 1.29 is 4.79 Å². The van der Waals surface area contributed by atoms with E-state index in [0.29, 0.717) is 17.9 Å². The molecular formula is C20H29BrN4O. The van der Waals surface area contributed by atoms with E-state index in [9.17, 15) is 4.79 Å². The van der Waals surface area contributed by atoms with Crippen molar-refractivity contribution in [2.45, 2.75) is 50.6 Å². The molecule has 1 fully saturated rings. The maximum absolute atomic E-state index is 12.5. The second-order valence-corrected chi connectivity index (χ2v) is 8.76. The highest BCUT2D eigenvalue weighted by atomic mass is 79.9. The van der Waals surface area contributed by atoms with Gasteiger partial charge in [-0.25, -0.2) is 4.79 Å². The normalized spacial score (nSPS) is 29.5. The minimum atomic E-state index is 0.0690. The van der Waals surface area contributed by atoms with Gasteiger partial charge in [-0.05, 0) is 57.0 Å². The number of likely N-dealkylation sites (N-methyl/N-ethyl adjacent to an activating group) is 1. The van der Waals surface area contributed by atoms with E-state index >= 15 is 0 Å². The number of carbonyl (C=O) groups is 1. The number of carbonyl (C=O) groups excluding carboxylic acids is 1. The van der Waals surface area contributed by atoms with E-state index < -0.39 is 0 Å². The molecular weight excluding hydrogens is 392 g/mol. The highest BCUT2D eigenvalue weighted by molar-refractivity contribution is 9.10. The van der Waals surface area contributed by atoms with Gasteiger partial charge in [0, 0.05) is 60.3 Å². The van der Waals surface area contributed by atoms with Gasteiger partial charge < -0.3 is 20.4 Å². The Morgan fingerprint density at radius 3 is 2.81 bits per heavy atom. The SMILES string of the molecule is CCN(CC)C(=O)N[C@H]1C[C@@H]2c3c(Br)ccc4c3C(CN4)C[C@H]2N(C)C1. The lowest BCUT2D eigenvalue weighted by Crippen LogP contribution is -2.56. The van der Waals surface area contributed by atoms with Crippen molar-refractivity contribution in [3.05, 3.63) is 27.7 Å². The third kappa shape index (κ3) is 2.91. The summed E-state index contributed by atoms with van der Waals surface area (Å²) in [5.41, 5.74) is 4.30. The lowest BCUT2D eigenvalue weighted by Gasteiger charge is -2.48. The molecule has 1 aliphatic carbocycles. The molecule has 5 nitrogen and oxygen atoms in total. The number of hydrogen-bond acceptors (Lipinski definition) is 3. The molecule has 26 heavy (non-hydrogen) atoms. The Labute approximate surface area is 164 Å². The average molecular weight is 421 g/mol. The molecule has 6 heteroatoms. The molecule has 1 saturated heterocycles. The number of rotatable bonds is 3. The maximum Gasteiger partial charge on any atom is 0.317 e. The number of piperidine rings is 1. The summed E-state index contributed by atoms with van der Waals surface area (Å²) in [4.78, 5) is 16.9. The van der Waals surface area contributed by atoms with E-state index in [0.717, 1.165) is 32.6 Å². The number of urea groups is 1. The van der Waals surface area contributed by atoms with Gasteiger partial charge in [0.25, 0.3) is 0 Å². The molecule has 0 saturated carbocycles. The molecule has 0 aromatic heterocycles. The molecule has 142 valence electrons. The van der Waals surface area contributed by atoms with Gasteiger partial charge in [-0.2, -0.15) is 0 Å². The molecule has 4 atom stereocenters. The van der Waals surface area contributed by atoms with Gasteiger partial charge in [0.05, 0.1) is 0 Å². The molecule has 2 amide bonds. The zero-order valence-corrected chi connectivity index (χ0v) is 17.5. The fourth-order valence-corrected chi connectivity index (χ4v) is 5.91. The van der Waals surface area contributed by atoms with Crippen LogP contribution in [0.25, 0.3) is 0 Å². The van der Waals surface area contributed by atoms with Gasteiger partial charge >= 0.3 is 6.03 Å². The van der Waals surface area contributed by atoms with Gasteiger partial charge in [-0.3, -0.25) is 0 Å². The highest BCUT2D eigenvalue weighted by Crippen LogP contribution is 2.52. The van der Waals surface area contributed by atoms with Crippen LogP contribution in [0.1, 0.15) is 49.7 Å². The predicted octanol–water partition coefficient (Wildman–Crippen LogP) is 3.57. The molecule has 2 N–H and O–H groups in total. The average Bonchev–Trinajstić information content (AvgIpc) is 3.02. The van der Waals surface area contributed by atoms with Crippen LogP contribution < -0.4 is 10.6 Å². The molecule has 0 spiro atoms. The number of halogens is 1. The largest absolute Gasteiger partial charge is 0.384 e. The fourth-order valence-electron chi connectivity index (χ4n) is 5.27. The predicted molar refractivity (Wildman–Crippen MR) is 109 cm³/mol. The monoisotopic (exact) mass is 420 g/mol. The molecule has 1 aromatic rings. The van der Waals surface area contributed by atoms with Gasteiger partial charge in [0.1, 0.15) is 0 Å². The van der Waals surface area contributed by atoms with Gasteiger partial charge in [-0.1, -0.05) is 15.9 Å². The standard InChI is InChI=1S/C20H29BrN4O/c1-4-25(5-2)20(26)23-13-9-14-17(24(3)11-13)8-12-10-22-16-7-6-15(21)19(14)18(12)16/h6-7,12-14,17,22H,4-5,8-11H2,1-3H3,(H,23,26)/t12?,13-,14-,17+/m0/s1. The number of benzene rings is 1. The van der Waals surface area contributed by atoms with Crippen molar-refractivity contribution >= 4 is 27.6 Å². The van der Waals surface area contributed by atoms with E-state index in [4.69, 9.17) is 0 Å². The summed E-state index contributed by atoms with van der Waals surface area (Å²) in [6.07, 6.45) is 2.23. The molecule has 2 aliphatic heterocycles. The molecule has 1 unspecified atom stereocenters. The van der Waals surface area contributed by atoms with Crippen LogP contribution in [0.4, 0.5) is 10.5 Å². The number of nitrogens with one attached hydrogen (secondary N) is 2. The van der Waals surface area contributed by atoms with E-state index in [1.165, 1.54) is 27.7 Å². The first-order valence-electron chi connectivity index (χ1n) is 9.85. The minimum absolute atomic E-state index is 0.0690. The quantitative estimate of drug-likeness (QED) is 0.785. The first kappa shape index (κ1) is 18.1. The lowest BCUT2D eigenvalue weighted by atomic mass is 9.70. The van der Waals surface area contributed by atoms with Crippen LogP contribution in [0.2, 0.25) is 0 Å². The summed E-state index contributed by atoms with van der Waals surface area (Å²) in [6, 6.07) is 5.21. The van der Waals surface area contributed by atoms with Crippen molar-refractivity contribution in [3.63, 3.8) is 0 Å². The molecule has 0 bridgehead atoms. The number of hydrogen-bond donors (Lipinski definition) is 2. The number of likely N-dealkylation sites (tertiary alicyclic amines) is 1. The van der Waals surface area contributed by atoms with Crippen LogP contribution in [0.15, 0.2) is 16.6 Å². The Hall–Kier alpha value is -1.27. The van der Waals surface area contributed by atoms with Crippen LogP contribution in [-0.4, -0.2) is 61.1 Å². The first-order valence-corrected chi connectivity index (χ1v) is 10.6. The van der Waals surface area contributed by atoms with Crippen LogP contribution >= 0.6 is 15.9 Å². The number of amides is 2. The second kappa shape index (κ2) is 7.04. The Balaban J connectivity index is 1.60. The van der Waals surface area contributed by atoms with Crippen LogP contribution in [0.5, 0.6) is 0 Å². The Bertz CT molecular complexity index is 705. The van der Waals surface area contributed by atoms with Gasteiger partial charge in [0.15, 0.2) is 0 Å². The molecule has 0 radical (unpaired) electrons. The van der Waals surface area contributed by atoms with Gasteiger partial charge in [-0.15, -0.1) is 0 Å². The number of nitrogens with zero attached hydrogens (tertiary/aromatic N) is 2. The van der Waals surface area contributed by atoms with E-state index in [1.807, 2.05) is 18.7 Å². The minimum Gasteiger partial charge on any atom is -0.384 e. The van der Waals surface area contributed by atoms with E-state index in [2.05, 4.69) is 50.6 Å². The lowest BCUT2D eigenvalue weighted by molar-refractivity contribution is 0.108. The summed E-state index contributed by atoms with van der Waals surface area (Å²) >= 11 is 3.83. The van der Waals surface area contributed by atoms with Crippen LogP contribution in [0, 0.1) is 0 Å². The van der Waals surface area contributed by atoms with Crippen molar-refractivity contribution in [2.75, 3.05) is 38.5 Å². The summed E-state index contributed by atoms with van der Waals surface area (Å²) in [5.74, 6) is 1.08. The summed E-state index contributed by atoms with van der Waals surface area (Å²) in [6.45, 7) is 7.55. The second-order valence-electron chi connectivity index (χ2n) is 7.90. The summed E-state index contributed by atoms with van der Waals surface area (Å²) in [5, 5.41) is 6.88. The first-order chi connectivity index (χ1) is 12.5. The number of anilines is 1. The van der Waals surface area contributed by atoms with Crippen LogP contribution in [-0.2, 0) is 0 Å². The Morgan fingerprint density at radius 1 is 1.31 bits per heavy atom. The molecule has 1 aromatic carbocycles. The maximum atomic E-state index is 12.5. The van der Waals surface area contributed by atoms with E-state index in [-0.39, 0.29) is 12.1 Å². The summed E-state index contributed by atoms with van der Waals surface area (Å²) < 4.78 is 1.23. The van der Waals surface area contributed by atoms with Gasteiger partial charge in [0.2, 0.25) is 0 Å². The van der Waals surface area contributed by atoms with Crippen molar-refractivity contribution in [3.8, 4) is 0 Å². The smallest absolute Gasteiger partial charge is 0.317 e. The van der Waals surface area contributed by atoms with E-state index in [1.54, 1.807) is 0 Å². The van der Waals surface area contributed by atoms with Crippen molar-refractivity contribution in [2.24, 2.45) is 0 Å². The summed E-state index contributed by atoms with van der Waals surface area (Å²) in [7, 11) is 2.22. The topological polar surface area (TPSA) is 47.6 Å². The molecule has 4 rings (SSSR count). The highest BCUT2D eigenvalue weighted by Gasteiger charge is 2.45. The Morgan fingerprint density at radius 2 is 2.08 bits per heavy atom. The Kier molecular flexibility index (Phi) is 4.90. The third-order valence-corrected chi connectivity index (χ3v) is 7.23. The zero-order chi connectivity index (χ0) is 18.4.